The third-order valence-corrected chi connectivity index (χ3v) is 4.32. The van der Waals surface area contributed by atoms with Gasteiger partial charge < -0.3 is 15.3 Å². The van der Waals surface area contributed by atoms with Crippen molar-refractivity contribution in [1.29, 1.82) is 0 Å². The van der Waals surface area contributed by atoms with Crippen LogP contribution in [0.5, 0.6) is 0 Å². The number of carbonyl (C=O) groups is 2. The van der Waals surface area contributed by atoms with E-state index in [0.29, 0.717) is 11.5 Å². The van der Waals surface area contributed by atoms with Gasteiger partial charge in [-0.1, -0.05) is 30.3 Å². The van der Waals surface area contributed by atoms with Crippen LogP contribution >= 0.6 is 0 Å². The summed E-state index contributed by atoms with van der Waals surface area (Å²) in [7, 11) is 0. The molecule has 1 atom stereocenters. The van der Waals surface area contributed by atoms with Crippen LogP contribution in [0.15, 0.2) is 54.6 Å². The molecule has 2 amide bonds. The van der Waals surface area contributed by atoms with Crippen molar-refractivity contribution in [2.75, 3.05) is 18.4 Å². The molecule has 2 N–H and O–H groups in total. The van der Waals surface area contributed by atoms with Crippen molar-refractivity contribution in [2.24, 2.45) is 5.92 Å². The van der Waals surface area contributed by atoms with Gasteiger partial charge >= 0.3 is 12.0 Å². The van der Waals surface area contributed by atoms with Crippen LogP contribution in [0.2, 0.25) is 0 Å². The fraction of sp³-hybridized carbons (Fsp3) is 0.263. The quantitative estimate of drug-likeness (QED) is 0.904. The third-order valence-electron chi connectivity index (χ3n) is 4.32. The zero-order valence-corrected chi connectivity index (χ0v) is 13.3. The number of carboxylic acid groups (broad SMARTS) is 1. The molecular formula is C19H20N2O3. The van der Waals surface area contributed by atoms with Crippen LogP contribution in [0.4, 0.5) is 10.5 Å². The number of rotatable bonds is 4. The molecular weight excluding hydrogens is 304 g/mol. The van der Waals surface area contributed by atoms with E-state index in [2.05, 4.69) is 5.32 Å². The Balaban J connectivity index is 1.53. The highest BCUT2D eigenvalue weighted by molar-refractivity contribution is 5.89. The first-order valence-corrected chi connectivity index (χ1v) is 8.05. The van der Waals surface area contributed by atoms with Gasteiger partial charge in [0, 0.05) is 18.8 Å². The number of nitrogens with zero attached hydrogens (tertiary/aromatic N) is 1. The van der Waals surface area contributed by atoms with Gasteiger partial charge in [0.15, 0.2) is 0 Å². The van der Waals surface area contributed by atoms with Gasteiger partial charge in [0.2, 0.25) is 0 Å². The molecule has 0 radical (unpaired) electrons. The van der Waals surface area contributed by atoms with Crippen molar-refractivity contribution in [2.45, 2.75) is 12.8 Å². The standard InChI is InChI=1S/C19H20N2O3/c22-18(23)16-8-6-14(7-9-16)12-15-10-11-21(13-15)19(24)20-17-4-2-1-3-5-17/h1-9,15H,10-13H2,(H,20,24)(H,22,23)/t15-/m0/s1. The van der Waals surface area contributed by atoms with Crippen molar-refractivity contribution in [1.82, 2.24) is 4.90 Å². The minimum Gasteiger partial charge on any atom is -0.478 e. The summed E-state index contributed by atoms with van der Waals surface area (Å²) in [5.41, 5.74) is 2.21. The molecule has 24 heavy (non-hydrogen) atoms. The Morgan fingerprint density at radius 1 is 1.08 bits per heavy atom. The predicted octanol–water partition coefficient (Wildman–Crippen LogP) is 3.48. The lowest BCUT2D eigenvalue weighted by molar-refractivity contribution is 0.0697. The predicted molar refractivity (Wildman–Crippen MR) is 92.2 cm³/mol. The van der Waals surface area contributed by atoms with Gasteiger partial charge in [0.1, 0.15) is 0 Å². The second-order valence-electron chi connectivity index (χ2n) is 6.10. The number of aromatic carboxylic acids is 1. The molecule has 0 unspecified atom stereocenters. The van der Waals surface area contributed by atoms with Gasteiger partial charge in [-0.15, -0.1) is 0 Å². The lowest BCUT2D eigenvalue weighted by Crippen LogP contribution is -2.33. The average Bonchev–Trinajstić information content (AvgIpc) is 3.05. The summed E-state index contributed by atoms with van der Waals surface area (Å²) in [6.45, 7) is 1.47. The van der Waals surface area contributed by atoms with E-state index in [1.54, 1.807) is 12.1 Å². The van der Waals surface area contributed by atoms with E-state index in [1.165, 1.54) is 0 Å². The van der Waals surface area contributed by atoms with E-state index in [0.717, 1.165) is 37.2 Å². The maximum atomic E-state index is 12.3. The molecule has 1 fully saturated rings. The van der Waals surface area contributed by atoms with Gasteiger partial charge in [-0.3, -0.25) is 0 Å². The van der Waals surface area contributed by atoms with E-state index in [-0.39, 0.29) is 6.03 Å². The molecule has 0 bridgehead atoms. The van der Waals surface area contributed by atoms with Crippen LogP contribution in [-0.2, 0) is 6.42 Å². The van der Waals surface area contributed by atoms with Gasteiger partial charge in [0.25, 0.3) is 0 Å². The normalized spacial score (nSPS) is 16.8. The second kappa shape index (κ2) is 7.17. The number of amides is 2. The fourth-order valence-corrected chi connectivity index (χ4v) is 3.02. The summed E-state index contributed by atoms with van der Waals surface area (Å²) < 4.78 is 0. The number of benzene rings is 2. The SMILES string of the molecule is O=C(O)c1ccc(C[C@@H]2CCN(C(=O)Nc3ccccc3)C2)cc1. The van der Waals surface area contributed by atoms with E-state index in [4.69, 9.17) is 5.11 Å². The Labute approximate surface area is 140 Å². The van der Waals surface area contributed by atoms with E-state index >= 15 is 0 Å². The van der Waals surface area contributed by atoms with Crippen LogP contribution in [0.3, 0.4) is 0 Å². The fourth-order valence-electron chi connectivity index (χ4n) is 3.02. The van der Waals surface area contributed by atoms with Crippen molar-refractivity contribution in [3.05, 3.63) is 65.7 Å². The van der Waals surface area contributed by atoms with Crippen LogP contribution < -0.4 is 5.32 Å². The number of likely N-dealkylation sites (tertiary alicyclic amines) is 1. The molecule has 2 aromatic carbocycles. The van der Waals surface area contributed by atoms with Crippen LogP contribution in [-0.4, -0.2) is 35.1 Å². The third kappa shape index (κ3) is 3.93. The summed E-state index contributed by atoms with van der Waals surface area (Å²) in [5.74, 6) is -0.506. The second-order valence-corrected chi connectivity index (χ2v) is 6.10. The number of hydrogen-bond donors (Lipinski definition) is 2. The summed E-state index contributed by atoms with van der Waals surface area (Å²) >= 11 is 0. The first-order chi connectivity index (χ1) is 11.6. The molecule has 0 aliphatic carbocycles. The van der Waals surface area contributed by atoms with Crippen LogP contribution in [0.1, 0.15) is 22.3 Å². The highest BCUT2D eigenvalue weighted by Crippen LogP contribution is 2.22. The van der Waals surface area contributed by atoms with Crippen molar-refractivity contribution in [3.63, 3.8) is 0 Å². The molecule has 124 valence electrons. The molecule has 5 nitrogen and oxygen atoms in total. The van der Waals surface area contributed by atoms with E-state index in [9.17, 15) is 9.59 Å². The van der Waals surface area contributed by atoms with Crippen LogP contribution in [0, 0.1) is 5.92 Å². The number of carbonyl (C=O) groups excluding carboxylic acids is 1. The minimum absolute atomic E-state index is 0.0649. The Kier molecular flexibility index (Phi) is 4.79. The maximum Gasteiger partial charge on any atom is 0.335 e. The first kappa shape index (κ1) is 16.1. The molecule has 1 aliphatic heterocycles. The van der Waals surface area contributed by atoms with Crippen molar-refractivity contribution in [3.8, 4) is 0 Å². The lowest BCUT2D eigenvalue weighted by atomic mass is 9.98. The zero-order chi connectivity index (χ0) is 16.9. The molecule has 0 aromatic heterocycles. The molecule has 0 saturated carbocycles. The number of hydrogen-bond acceptors (Lipinski definition) is 2. The number of carboxylic acids is 1. The zero-order valence-electron chi connectivity index (χ0n) is 13.3. The molecule has 1 saturated heterocycles. The monoisotopic (exact) mass is 324 g/mol. The summed E-state index contributed by atoms with van der Waals surface area (Å²) in [6, 6.07) is 16.4. The molecule has 2 aromatic rings. The topological polar surface area (TPSA) is 69.6 Å². The minimum atomic E-state index is -0.911. The highest BCUT2D eigenvalue weighted by atomic mass is 16.4. The molecule has 5 heteroatoms. The Morgan fingerprint density at radius 2 is 1.79 bits per heavy atom. The van der Waals surface area contributed by atoms with E-state index < -0.39 is 5.97 Å². The number of anilines is 1. The smallest absolute Gasteiger partial charge is 0.335 e. The van der Waals surface area contributed by atoms with Crippen molar-refractivity contribution < 1.29 is 14.7 Å². The number of nitrogens with one attached hydrogen (secondary N) is 1. The molecule has 0 spiro atoms. The number of para-hydroxylation sites is 1. The number of urea groups is 1. The summed E-state index contributed by atoms with van der Waals surface area (Å²) in [5, 5.41) is 11.8. The summed E-state index contributed by atoms with van der Waals surface area (Å²) in [4.78, 5) is 25.0. The first-order valence-electron chi connectivity index (χ1n) is 8.05. The Hall–Kier alpha value is -2.82. The highest BCUT2D eigenvalue weighted by Gasteiger charge is 2.26. The molecule has 1 aliphatic rings. The van der Waals surface area contributed by atoms with Gasteiger partial charge in [-0.05, 0) is 48.6 Å². The Bertz CT molecular complexity index is 713. The van der Waals surface area contributed by atoms with E-state index in [1.807, 2.05) is 47.4 Å². The molecule has 1 heterocycles. The van der Waals surface area contributed by atoms with Crippen LogP contribution in [0.25, 0.3) is 0 Å². The molecule has 3 rings (SSSR count). The largest absolute Gasteiger partial charge is 0.478 e. The average molecular weight is 324 g/mol. The Morgan fingerprint density at radius 3 is 2.46 bits per heavy atom. The van der Waals surface area contributed by atoms with Gasteiger partial charge in [-0.2, -0.15) is 0 Å². The van der Waals surface area contributed by atoms with Gasteiger partial charge in [-0.25, -0.2) is 9.59 Å². The summed E-state index contributed by atoms with van der Waals surface area (Å²) in [6.07, 6.45) is 1.82. The van der Waals surface area contributed by atoms with Crippen molar-refractivity contribution >= 4 is 17.7 Å². The lowest BCUT2D eigenvalue weighted by Gasteiger charge is -2.17. The van der Waals surface area contributed by atoms with Gasteiger partial charge in [0.05, 0.1) is 5.56 Å². The maximum absolute atomic E-state index is 12.3.